The van der Waals surface area contributed by atoms with Gasteiger partial charge in [0.1, 0.15) is 6.10 Å². The van der Waals surface area contributed by atoms with Crippen molar-refractivity contribution in [2.24, 2.45) is 0 Å². The molecule has 0 saturated heterocycles. The summed E-state index contributed by atoms with van der Waals surface area (Å²) in [7, 11) is 0. The van der Waals surface area contributed by atoms with Gasteiger partial charge in [0.05, 0.1) is 0 Å². The molecule has 0 saturated carbocycles. The molecular weight excluding hydrogens is 172 g/mol. The molecule has 0 aliphatic rings. The molecule has 0 aliphatic heterocycles. The topological polar surface area (TPSA) is 37.3 Å². The Bertz CT molecular complexity index is 65.4. The molecule has 1 radical (unpaired) electrons. The maximum Gasteiger partial charge on any atom is 0.229 e. The largest absolute Gasteiger partial charge is 0.385 e. The van der Waals surface area contributed by atoms with Crippen molar-refractivity contribution >= 4 is 22.2 Å². The monoisotopic (exact) mass is 179 g/mol. The zero-order valence-corrected chi connectivity index (χ0v) is 6.02. The van der Waals surface area contributed by atoms with Crippen LogP contribution in [-0.2, 0) is 4.79 Å². The number of aliphatic hydroxyl groups excluding tert-OH is 1. The van der Waals surface area contributed by atoms with Crippen LogP contribution >= 0.6 is 15.9 Å². The number of alkyl halides is 1. The summed E-state index contributed by atoms with van der Waals surface area (Å²) in [6, 6.07) is 0. The minimum Gasteiger partial charge on any atom is -0.385 e. The third kappa shape index (κ3) is 4.27. The zero-order chi connectivity index (χ0) is 6.41. The van der Waals surface area contributed by atoms with Crippen LogP contribution in [0.15, 0.2) is 0 Å². The smallest absolute Gasteiger partial charge is 0.229 e. The fourth-order valence-electron chi connectivity index (χ4n) is 0.329. The van der Waals surface area contributed by atoms with Gasteiger partial charge in [0.15, 0.2) is 0 Å². The summed E-state index contributed by atoms with van der Waals surface area (Å²) in [6.45, 7) is 0. The van der Waals surface area contributed by atoms with E-state index in [-0.39, 0.29) is 0 Å². The minimum absolute atomic E-state index is 0.509. The first-order valence-corrected chi connectivity index (χ1v) is 3.55. The van der Waals surface area contributed by atoms with Gasteiger partial charge in [-0.25, -0.2) is 0 Å². The van der Waals surface area contributed by atoms with Crippen molar-refractivity contribution in [2.45, 2.75) is 18.9 Å². The fourth-order valence-corrected chi connectivity index (χ4v) is 0.653. The predicted octanol–water partition coefficient (Wildman–Crippen LogP) is 0.632. The fraction of sp³-hybridized carbons (Fsp3) is 0.800. The highest BCUT2D eigenvalue weighted by Gasteiger charge is 1.99. The Morgan fingerprint density at radius 2 is 2.38 bits per heavy atom. The summed E-state index contributed by atoms with van der Waals surface area (Å²) >= 11 is 3.17. The molecule has 1 atom stereocenters. The lowest BCUT2D eigenvalue weighted by Gasteiger charge is -1.95. The molecule has 0 heterocycles. The Labute approximate surface area is 57.0 Å². The standard InChI is InChI=1S/C5H8BrO2/c6-3-1-2-5(8)4-7/h5,8H,1-3H2. The van der Waals surface area contributed by atoms with Gasteiger partial charge >= 0.3 is 0 Å². The van der Waals surface area contributed by atoms with Gasteiger partial charge in [-0.05, 0) is 12.8 Å². The lowest BCUT2D eigenvalue weighted by Crippen LogP contribution is -2.06. The second kappa shape index (κ2) is 5.25. The molecule has 0 amide bonds. The molecular formula is C5H8BrO2. The number of halogens is 1. The van der Waals surface area contributed by atoms with Crippen LogP contribution in [0.25, 0.3) is 0 Å². The number of hydrogen-bond donors (Lipinski definition) is 1. The SMILES string of the molecule is O=[C]C(O)CCCBr. The Morgan fingerprint density at radius 1 is 1.75 bits per heavy atom. The zero-order valence-electron chi connectivity index (χ0n) is 4.43. The predicted molar refractivity (Wildman–Crippen MR) is 34.7 cm³/mol. The highest BCUT2D eigenvalue weighted by molar-refractivity contribution is 9.09. The van der Waals surface area contributed by atoms with E-state index >= 15 is 0 Å². The Kier molecular flexibility index (Phi) is 5.32. The molecule has 0 fully saturated rings. The van der Waals surface area contributed by atoms with Crippen LogP contribution in [0.3, 0.4) is 0 Å². The number of carbonyl (C=O) groups excluding carboxylic acids is 1. The van der Waals surface area contributed by atoms with E-state index in [1.165, 1.54) is 6.29 Å². The molecule has 8 heavy (non-hydrogen) atoms. The molecule has 0 aromatic carbocycles. The van der Waals surface area contributed by atoms with Gasteiger partial charge in [-0.3, -0.25) is 4.79 Å². The van der Waals surface area contributed by atoms with E-state index in [0.29, 0.717) is 6.42 Å². The van der Waals surface area contributed by atoms with Gasteiger partial charge < -0.3 is 5.11 Å². The summed E-state index contributed by atoms with van der Waals surface area (Å²) in [4.78, 5) is 9.62. The van der Waals surface area contributed by atoms with E-state index in [1.807, 2.05) is 0 Å². The number of hydrogen-bond acceptors (Lipinski definition) is 2. The molecule has 1 unspecified atom stereocenters. The van der Waals surface area contributed by atoms with Crippen molar-refractivity contribution in [3.05, 3.63) is 0 Å². The van der Waals surface area contributed by atoms with Crippen molar-refractivity contribution in [1.29, 1.82) is 0 Å². The molecule has 2 nitrogen and oxygen atoms in total. The molecule has 0 rings (SSSR count). The maximum atomic E-state index is 9.62. The Morgan fingerprint density at radius 3 is 2.75 bits per heavy atom. The van der Waals surface area contributed by atoms with E-state index in [0.717, 1.165) is 11.8 Å². The van der Waals surface area contributed by atoms with Crippen molar-refractivity contribution in [2.75, 3.05) is 5.33 Å². The van der Waals surface area contributed by atoms with Crippen LogP contribution < -0.4 is 0 Å². The first-order valence-electron chi connectivity index (χ1n) is 2.43. The van der Waals surface area contributed by atoms with Gasteiger partial charge in [0, 0.05) is 5.33 Å². The van der Waals surface area contributed by atoms with Gasteiger partial charge in [0.2, 0.25) is 6.29 Å². The third-order valence-electron chi connectivity index (χ3n) is 0.747. The van der Waals surface area contributed by atoms with Crippen molar-refractivity contribution < 1.29 is 9.90 Å². The van der Waals surface area contributed by atoms with E-state index in [4.69, 9.17) is 5.11 Å². The van der Waals surface area contributed by atoms with Gasteiger partial charge in [-0.1, -0.05) is 15.9 Å². The van der Waals surface area contributed by atoms with Gasteiger partial charge in [-0.15, -0.1) is 0 Å². The molecule has 0 aliphatic carbocycles. The molecule has 0 aromatic rings. The Balaban J connectivity index is 2.98. The maximum absolute atomic E-state index is 9.62. The van der Waals surface area contributed by atoms with E-state index in [1.54, 1.807) is 0 Å². The summed E-state index contributed by atoms with van der Waals surface area (Å²) in [6.07, 6.45) is 1.93. The molecule has 0 spiro atoms. The van der Waals surface area contributed by atoms with E-state index < -0.39 is 6.10 Å². The van der Waals surface area contributed by atoms with E-state index in [2.05, 4.69) is 15.9 Å². The van der Waals surface area contributed by atoms with Crippen LogP contribution in [0.5, 0.6) is 0 Å². The van der Waals surface area contributed by atoms with Crippen molar-refractivity contribution in [3.63, 3.8) is 0 Å². The van der Waals surface area contributed by atoms with Gasteiger partial charge in [0.25, 0.3) is 0 Å². The summed E-state index contributed by atoms with van der Waals surface area (Å²) < 4.78 is 0. The average molecular weight is 180 g/mol. The minimum atomic E-state index is -0.882. The lowest BCUT2D eigenvalue weighted by molar-refractivity contribution is 0.224. The molecule has 3 heteroatoms. The van der Waals surface area contributed by atoms with E-state index in [9.17, 15) is 4.79 Å². The van der Waals surface area contributed by atoms with Crippen LogP contribution in [-0.4, -0.2) is 22.8 Å². The second-order valence-electron chi connectivity index (χ2n) is 1.46. The van der Waals surface area contributed by atoms with Crippen molar-refractivity contribution in [3.8, 4) is 0 Å². The normalized spacial score (nSPS) is 13.2. The molecule has 0 aromatic heterocycles. The summed E-state index contributed by atoms with van der Waals surface area (Å²) in [5.74, 6) is 0. The quantitative estimate of drug-likeness (QED) is 0.644. The second-order valence-corrected chi connectivity index (χ2v) is 2.26. The van der Waals surface area contributed by atoms with Crippen LogP contribution in [0.1, 0.15) is 12.8 Å². The van der Waals surface area contributed by atoms with Crippen LogP contribution in [0, 0.1) is 0 Å². The van der Waals surface area contributed by atoms with Crippen LogP contribution in [0.4, 0.5) is 0 Å². The first kappa shape index (κ1) is 8.11. The number of rotatable bonds is 4. The highest BCUT2D eigenvalue weighted by atomic mass is 79.9. The number of aliphatic hydroxyl groups is 1. The van der Waals surface area contributed by atoms with Gasteiger partial charge in [-0.2, -0.15) is 0 Å². The third-order valence-corrected chi connectivity index (χ3v) is 1.31. The van der Waals surface area contributed by atoms with Crippen molar-refractivity contribution in [1.82, 2.24) is 0 Å². The molecule has 1 N–H and O–H groups in total. The average Bonchev–Trinajstić information content (AvgIpc) is 1.83. The molecule has 0 bridgehead atoms. The summed E-state index contributed by atoms with van der Waals surface area (Å²) in [5.41, 5.74) is 0. The van der Waals surface area contributed by atoms with Crippen LogP contribution in [0.2, 0.25) is 0 Å². The Hall–Kier alpha value is 0.110. The summed E-state index contributed by atoms with van der Waals surface area (Å²) in [5, 5.41) is 9.37. The molecule has 47 valence electrons. The first-order chi connectivity index (χ1) is 3.81. The lowest BCUT2D eigenvalue weighted by atomic mass is 10.2. The highest BCUT2D eigenvalue weighted by Crippen LogP contribution is 1.96.